The standard InChI is InChI=1S/C31H25ClF3N3O2/c32-21-11-10-19(24(33)15-21)18-40-31-9-3-7-27(37-31)23-16-25(34)20(13-26(23)35)14-30-36-28-6-1-2-8-29(28)38(30)17-22-5-4-12-39-22/h1-3,6-11,13,15-16,22H,4-5,12,14,17-18H2/t22-/m0/s1. The van der Waals surface area contributed by atoms with Crippen LogP contribution in [0.25, 0.3) is 22.3 Å². The van der Waals surface area contributed by atoms with E-state index >= 15 is 8.78 Å². The van der Waals surface area contributed by atoms with Gasteiger partial charge >= 0.3 is 0 Å². The molecule has 0 aliphatic carbocycles. The van der Waals surface area contributed by atoms with Gasteiger partial charge < -0.3 is 14.0 Å². The van der Waals surface area contributed by atoms with E-state index in [0.717, 1.165) is 36.5 Å². The first-order chi connectivity index (χ1) is 19.4. The number of fused-ring (bicyclic) bond motifs is 1. The lowest BCUT2D eigenvalue weighted by molar-refractivity contribution is 0.0973. The minimum Gasteiger partial charge on any atom is -0.473 e. The van der Waals surface area contributed by atoms with E-state index in [-0.39, 0.29) is 46.9 Å². The molecule has 3 heterocycles. The average Bonchev–Trinajstić information content (AvgIpc) is 3.58. The van der Waals surface area contributed by atoms with Gasteiger partial charge in [0.25, 0.3) is 0 Å². The molecule has 1 saturated heterocycles. The zero-order valence-corrected chi connectivity index (χ0v) is 22.2. The van der Waals surface area contributed by atoms with E-state index in [0.29, 0.717) is 17.9 Å². The molecule has 3 aromatic carbocycles. The number of hydrogen-bond donors (Lipinski definition) is 0. The number of nitrogens with zero attached hydrogens (tertiary/aromatic N) is 3. The van der Waals surface area contributed by atoms with Gasteiger partial charge in [-0.3, -0.25) is 0 Å². The molecule has 5 aromatic rings. The van der Waals surface area contributed by atoms with Gasteiger partial charge in [0.05, 0.1) is 29.4 Å². The first kappa shape index (κ1) is 26.3. The number of benzene rings is 3. The highest BCUT2D eigenvalue weighted by atomic mass is 35.5. The fourth-order valence-corrected chi connectivity index (χ4v) is 5.14. The van der Waals surface area contributed by atoms with Crippen molar-refractivity contribution in [3.63, 3.8) is 0 Å². The van der Waals surface area contributed by atoms with Gasteiger partial charge in [0, 0.05) is 35.2 Å². The fraction of sp³-hybridized carbons (Fsp3) is 0.226. The molecular formula is C31H25ClF3N3O2. The average molecular weight is 564 g/mol. The maximum Gasteiger partial charge on any atom is 0.214 e. The molecule has 0 spiro atoms. The number of imidazole rings is 1. The van der Waals surface area contributed by atoms with Crippen LogP contribution in [0.2, 0.25) is 5.02 Å². The number of ether oxygens (including phenoxy) is 2. The normalized spacial score (nSPS) is 15.2. The second-order valence-electron chi connectivity index (χ2n) is 9.75. The van der Waals surface area contributed by atoms with Crippen LogP contribution in [0.3, 0.4) is 0 Å². The highest BCUT2D eigenvalue weighted by Gasteiger charge is 2.21. The van der Waals surface area contributed by atoms with Gasteiger partial charge in [0.15, 0.2) is 0 Å². The SMILES string of the molecule is Fc1cc(Cl)ccc1COc1cccc(-c2cc(F)c(Cc3nc4ccccc4n3C[C@@H]3CCCO3)cc2F)n1. The van der Waals surface area contributed by atoms with Crippen LogP contribution in [0, 0.1) is 17.5 Å². The molecule has 6 rings (SSSR count). The number of hydrogen-bond acceptors (Lipinski definition) is 4. The lowest BCUT2D eigenvalue weighted by Gasteiger charge is -2.15. The van der Waals surface area contributed by atoms with Crippen molar-refractivity contribution in [3.8, 4) is 17.1 Å². The van der Waals surface area contributed by atoms with Crippen LogP contribution in [0.5, 0.6) is 5.88 Å². The Morgan fingerprint density at radius 2 is 1.75 bits per heavy atom. The Bertz CT molecular complexity index is 1680. The van der Waals surface area contributed by atoms with Crippen LogP contribution in [-0.4, -0.2) is 27.2 Å². The maximum absolute atomic E-state index is 15.4. The highest BCUT2D eigenvalue weighted by molar-refractivity contribution is 6.30. The summed E-state index contributed by atoms with van der Waals surface area (Å²) < 4.78 is 58.3. The lowest BCUT2D eigenvalue weighted by Crippen LogP contribution is -2.17. The molecule has 0 amide bonds. The summed E-state index contributed by atoms with van der Waals surface area (Å²) in [6.45, 7) is 1.24. The molecule has 40 heavy (non-hydrogen) atoms. The Morgan fingerprint density at radius 3 is 2.58 bits per heavy atom. The highest BCUT2D eigenvalue weighted by Crippen LogP contribution is 2.29. The van der Waals surface area contributed by atoms with Crippen molar-refractivity contribution in [2.75, 3.05) is 6.61 Å². The molecule has 2 aromatic heterocycles. The smallest absolute Gasteiger partial charge is 0.214 e. The van der Waals surface area contributed by atoms with Gasteiger partial charge in [-0.1, -0.05) is 35.9 Å². The number of aromatic nitrogens is 3. The summed E-state index contributed by atoms with van der Waals surface area (Å²) in [6, 6.07) is 19.1. The number of rotatable bonds is 8. The van der Waals surface area contributed by atoms with Crippen molar-refractivity contribution < 1.29 is 22.6 Å². The summed E-state index contributed by atoms with van der Waals surface area (Å²) in [4.78, 5) is 9.04. The van der Waals surface area contributed by atoms with Crippen molar-refractivity contribution in [2.24, 2.45) is 0 Å². The molecule has 9 heteroatoms. The Kier molecular flexibility index (Phi) is 7.45. The molecule has 1 fully saturated rings. The lowest BCUT2D eigenvalue weighted by atomic mass is 10.0. The van der Waals surface area contributed by atoms with E-state index in [1.807, 2.05) is 28.8 Å². The summed E-state index contributed by atoms with van der Waals surface area (Å²) in [5, 5.41) is 0.280. The van der Waals surface area contributed by atoms with Gasteiger partial charge in [-0.2, -0.15) is 0 Å². The number of halogens is 4. The van der Waals surface area contributed by atoms with E-state index in [1.54, 1.807) is 24.3 Å². The minimum atomic E-state index is -0.619. The third kappa shape index (κ3) is 5.55. The van der Waals surface area contributed by atoms with E-state index < -0.39 is 17.5 Å². The second kappa shape index (κ2) is 11.3. The Balaban J connectivity index is 1.25. The summed E-state index contributed by atoms with van der Waals surface area (Å²) >= 11 is 5.80. The van der Waals surface area contributed by atoms with E-state index in [4.69, 9.17) is 26.1 Å². The molecule has 1 atom stereocenters. The molecule has 0 saturated carbocycles. The summed E-state index contributed by atoms with van der Waals surface area (Å²) in [5.74, 6) is -0.893. The van der Waals surface area contributed by atoms with Crippen LogP contribution >= 0.6 is 11.6 Å². The third-order valence-electron chi connectivity index (χ3n) is 7.02. The Labute approximate surface area is 234 Å². The number of pyridine rings is 1. The summed E-state index contributed by atoms with van der Waals surface area (Å²) in [6.07, 6.45) is 2.14. The summed E-state index contributed by atoms with van der Waals surface area (Å²) in [5.41, 5.74) is 2.41. The molecule has 5 nitrogen and oxygen atoms in total. The van der Waals surface area contributed by atoms with Gasteiger partial charge in [0.1, 0.15) is 29.9 Å². The van der Waals surface area contributed by atoms with Crippen LogP contribution in [0.4, 0.5) is 13.2 Å². The predicted octanol–water partition coefficient (Wildman–Crippen LogP) is 7.52. The van der Waals surface area contributed by atoms with Crippen molar-refractivity contribution in [1.29, 1.82) is 0 Å². The van der Waals surface area contributed by atoms with Crippen molar-refractivity contribution in [2.45, 2.75) is 38.5 Å². The fourth-order valence-electron chi connectivity index (χ4n) is 4.98. The van der Waals surface area contributed by atoms with Crippen LogP contribution < -0.4 is 4.74 Å². The van der Waals surface area contributed by atoms with E-state index in [2.05, 4.69) is 4.98 Å². The molecule has 0 N–H and O–H groups in total. The first-order valence-electron chi connectivity index (χ1n) is 13.0. The van der Waals surface area contributed by atoms with Gasteiger partial charge in [0.2, 0.25) is 5.88 Å². The Hall–Kier alpha value is -3.88. The Morgan fingerprint density at radius 1 is 0.900 bits per heavy atom. The molecule has 0 radical (unpaired) electrons. The zero-order chi connectivity index (χ0) is 27.6. The van der Waals surface area contributed by atoms with Crippen LogP contribution in [0.1, 0.15) is 29.8 Å². The predicted molar refractivity (Wildman–Crippen MR) is 147 cm³/mol. The second-order valence-corrected chi connectivity index (χ2v) is 10.2. The van der Waals surface area contributed by atoms with Gasteiger partial charge in [-0.05, 0) is 60.9 Å². The number of para-hydroxylation sites is 2. The zero-order valence-electron chi connectivity index (χ0n) is 21.4. The molecule has 1 aliphatic heterocycles. The molecular weight excluding hydrogens is 539 g/mol. The topological polar surface area (TPSA) is 49.2 Å². The molecule has 1 aliphatic rings. The van der Waals surface area contributed by atoms with Crippen LogP contribution in [-0.2, 0) is 24.3 Å². The monoisotopic (exact) mass is 563 g/mol. The first-order valence-corrected chi connectivity index (χ1v) is 13.4. The molecule has 0 bridgehead atoms. The maximum atomic E-state index is 15.4. The van der Waals surface area contributed by atoms with E-state index in [9.17, 15) is 4.39 Å². The third-order valence-corrected chi connectivity index (χ3v) is 7.25. The molecule has 204 valence electrons. The molecule has 0 unspecified atom stereocenters. The van der Waals surface area contributed by atoms with E-state index in [1.165, 1.54) is 18.2 Å². The van der Waals surface area contributed by atoms with Crippen molar-refractivity contribution >= 4 is 22.6 Å². The minimum absolute atomic E-state index is 0.00256. The van der Waals surface area contributed by atoms with Crippen LogP contribution in [0.15, 0.2) is 72.8 Å². The van der Waals surface area contributed by atoms with Gasteiger partial charge in [-0.15, -0.1) is 0 Å². The van der Waals surface area contributed by atoms with Crippen molar-refractivity contribution in [3.05, 3.63) is 112 Å². The van der Waals surface area contributed by atoms with Gasteiger partial charge in [-0.25, -0.2) is 23.1 Å². The van der Waals surface area contributed by atoms with Crippen molar-refractivity contribution in [1.82, 2.24) is 14.5 Å². The largest absolute Gasteiger partial charge is 0.473 e. The quantitative estimate of drug-likeness (QED) is 0.196. The summed E-state index contributed by atoms with van der Waals surface area (Å²) in [7, 11) is 0.